The van der Waals surface area contributed by atoms with Crippen LogP contribution >= 0.6 is 11.6 Å². The van der Waals surface area contributed by atoms with E-state index in [1.54, 1.807) is 0 Å². The average Bonchev–Trinajstić information content (AvgIpc) is 2.33. The standard InChI is InChI=1S/C14H21ClN2/c1-10-5-4-6-11(9-10)14(17-16)12-7-2-3-8-13(12)15/h2-3,7-8,10-11,14,17H,4-6,9,16H2,1H3. The summed E-state index contributed by atoms with van der Waals surface area (Å²) in [5.74, 6) is 7.14. The van der Waals surface area contributed by atoms with Gasteiger partial charge >= 0.3 is 0 Å². The average molecular weight is 253 g/mol. The van der Waals surface area contributed by atoms with Crippen LogP contribution in [-0.2, 0) is 0 Å². The summed E-state index contributed by atoms with van der Waals surface area (Å²) in [6, 6.07) is 8.19. The van der Waals surface area contributed by atoms with Crippen molar-refractivity contribution in [2.24, 2.45) is 17.7 Å². The van der Waals surface area contributed by atoms with Crippen LogP contribution in [0.2, 0.25) is 5.02 Å². The molecular weight excluding hydrogens is 232 g/mol. The summed E-state index contributed by atoms with van der Waals surface area (Å²) < 4.78 is 0. The number of benzene rings is 1. The normalized spacial score (nSPS) is 26.8. The molecule has 2 rings (SSSR count). The van der Waals surface area contributed by atoms with Crippen LogP contribution in [0.4, 0.5) is 0 Å². The van der Waals surface area contributed by atoms with Gasteiger partial charge in [-0.2, -0.15) is 0 Å². The fraction of sp³-hybridized carbons (Fsp3) is 0.571. The molecule has 3 unspecified atom stereocenters. The Labute approximate surface area is 109 Å². The minimum atomic E-state index is 0.187. The third-order valence-corrected chi connectivity index (χ3v) is 4.21. The molecule has 3 heteroatoms. The van der Waals surface area contributed by atoms with E-state index >= 15 is 0 Å². The van der Waals surface area contributed by atoms with Gasteiger partial charge in [-0.25, -0.2) is 0 Å². The Morgan fingerprint density at radius 3 is 2.76 bits per heavy atom. The quantitative estimate of drug-likeness (QED) is 0.636. The summed E-state index contributed by atoms with van der Waals surface area (Å²) in [5.41, 5.74) is 4.10. The van der Waals surface area contributed by atoms with Gasteiger partial charge in [0.15, 0.2) is 0 Å². The molecule has 3 N–H and O–H groups in total. The molecule has 0 radical (unpaired) electrons. The van der Waals surface area contributed by atoms with Gasteiger partial charge in [-0.3, -0.25) is 11.3 Å². The van der Waals surface area contributed by atoms with E-state index in [0.29, 0.717) is 5.92 Å². The van der Waals surface area contributed by atoms with Crippen LogP contribution in [0.5, 0.6) is 0 Å². The van der Waals surface area contributed by atoms with Crippen LogP contribution in [-0.4, -0.2) is 0 Å². The predicted octanol–water partition coefficient (Wildman–Crippen LogP) is 3.67. The van der Waals surface area contributed by atoms with Crippen molar-refractivity contribution in [3.05, 3.63) is 34.9 Å². The Kier molecular flexibility index (Phi) is 4.43. The van der Waals surface area contributed by atoms with Crippen molar-refractivity contribution >= 4 is 11.6 Å². The van der Waals surface area contributed by atoms with Crippen molar-refractivity contribution in [1.82, 2.24) is 5.43 Å². The maximum absolute atomic E-state index is 6.26. The number of halogens is 1. The Hall–Kier alpha value is -0.570. The van der Waals surface area contributed by atoms with Gasteiger partial charge in [0.2, 0.25) is 0 Å². The van der Waals surface area contributed by atoms with Gasteiger partial charge in [0.25, 0.3) is 0 Å². The molecule has 1 aliphatic rings. The zero-order valence-corrected chi connectivity index (χ0v) is 11.1. The highest BCUT2D eigenvalue weighted by molar-refractivity contribution is 6.31. The highest BCUT2D eigenvalue weighted by Crippen LogP contribution is 2.38. The molecule has 1 fully saturated rings. The molecule has 1 aromatic carbocycles. The number of hydrazine groups is 1. The van der Waals surface area contributed by atoms with E-state index in [1.165, 1.54) is 25.7 Å². The molecule has 0 spiro atoms. The third kappa shape index (κ3) is 3.01. The summed E-state index contributed by atoms with van der Waals surface area (Å²) in [7, 11) is 0. The molecule has 94 valence electrons. The molecule has 0 aliphatic heterocycles. The lowest BCUT2D eigenvalue weighted by atomic mass is 9.77. The predicted molar refractivity (Wildman–Crippen MR) is 72.6 cm³/mol. The van der Waals surface area contributed by atoms with Crippen molar-refractivity contribution in [2.75, 3.05) is 0 Å². The van der Waals surface area contributed by atoms with Gasteiger partial charge in [-0.05, 0) is 36.3 Å². The second-order valence-corrected chi connectivity index (χ2v) is 5.60. The molecule has 0 bridgehead atoms. The topological polar surface area (TPSA) is 38.0 Å². The monoisotopic (exact) mass is 252 g/mol. The maximum atomic E-state index is 6.26. The van der Waals surface area contributed by atoms with Gasteiger partial charge < -0.3 is 0 Å². The fourth-order valence-corrected chi connectivity index (χ4v) is 3.24. The van der Waals surface area contributed by atoms with Crippen LogP contribution in [0, 0.1) is 11.8 Å². The van der Waals surface area contributed by atoms with Crippen molar-refractivity contribution in [3.63, 3.8) is 0 Å². The molecule has 0 saturated heterocycles. The van der Waals surface area contributed by atoms with Gasteiger partial charge in [0.05, 0.1) is 6.04 Å². The Morgan fingerprint density at radius 1 is 1.35 bits per heavy atom. The number of hydrogen-bond donors (Lipinski definition) is 2. The van der Waals surface area contributed by atoms with Crippen LogP contribution in [0.3, 0.4) is 0 Å². The molecule has 1 aliphatic carbocycles. The molecule has 2 nitrogen and oxygen atoms in total. The molecule has 1 saturated carbocycles. The number of hydrogen-bond acceptors (Lipinski definition) is 2. The SMILES string of the molecule is CC1CCCC(C(NN)c2ccccc2Cl)C1. The van der Waals surface area contributed by atoms with E-state index in [0.717, 1.165) is 16.5 Å². The molecule has 0 aromatic heterocycles. The van der Waals surface area contributed by atoms with Crippen molar-refractivity contribution < 1.29 is 0 Å². The van der Waals surface area contributed by atoms with E-state index in [2.05, 4.69) is 18.4 Å². The molecule has 1 aromatic rings. The highest BCUT2D eigenvalue weighted by Gasteiger charge is 2.28. The first-order valence-electron chi connectivity index (χ1n) is 6.43. The summed E-state index contributed by atoms with van der Waals surface area (Å²) in [5, 5.41) is 0.814. The van der Waals surface area contributed by atoms with Crippen LogP contribution in [0.25, 0.3) is 0 Å². The first-order valence-corrected chi connectivity index (χ1v) is 6.80. The van der Waals surface area contributed by atoms with Crippen LogP contribution in [0.1, 0.15) is 44.2 Å². The molecular formula is C14H21ClN2. The van der Waals surface area contributed by atoms with E-state index < -0.39 is 0 Å². The van der Waals surface area contributed by atoms with Gasteiger partial charge in [-0.1, -0.05) is 49.6 Å². The smallest absolute Gasteiger partial charge is 0.0502 e. The lowest BCUT2D eigenvalue weighted by Gasteiger charge is -2.33. The van der Waals surface area contributed by atoms with E-state index in [1.807, 2.05) is 18.2 Å². The summed E-state index contributed by atoms with van der Waals surface area (Å²) in [6.07, 6.45) is 5.12. The highest BCUT2D eigenvalue weighted by atomic mass is 35.5. The molecule has 17 heavy (non-hydrogen) atoms. The Bertz CT molecular complexity index is 367. The van der Waals surface area contributed by atoms with Crippen LogP contribution in [0.15, 0.2) is 24.3 Å². The van der Waals surface area contributed by atoms with E-state index in [4.69, 9.17) is 17.4 Å². The van der Waals surface area contributed by atoms with Crippen molar-refractivity contribution in [3.8, 4) is 0 Å². The lowest BCUT2D eigenvalue weighted by molar-refractivity contribution is 0.224. The summed E-state index contributed by atoms with van der Waals surface area (Å²) >= 11 is 6.26. The Balaban J connectivity index is 2.18. The van der Waals surface area contributed by atoms with Gasteiger partial charge in [-0.15, -0.1) is 0 Å². The van der Waals surface area contributed by atoms with E-state index in [-0.39, 0.29) is 6.04 Å². The summed E-state index contributed by atoms with van der Waals surface area (Å²) in [4.78, 5) is 0. The van der Waals surface area contributed by atoms with Gasteiger partial charge in [0.1, 0.15) is 0 Å². The molecule has 0 heterocycles. The zero-order valence-electron chi connectivity index (χ0n) is 10.3. The van der Waals surface area contributed by atoms with Crippen molar-refractivity contribution in [1.29, 1.82) is 0 Å². The van der Waals surface area contributed by atoms with Crippen molar-refractivity contribution in [2.45, 2.75) is 38.6 Å². The molecule has 3 atom stereocenters. The third-order valence-electron chi connectivity index (χ3n) is 3.87. The van der Waals surface area contributed by atoms with E-state index in [9.17, 15) is 0 Å². The lowest BCUT2D eigenvalue weighted by Crippen LogP contribution is -2.35. The number of nitrogens with two attached hydrogens (primary N) is 1. The summed E-state index contributed by atoms with van der Waals surface area (Å²) in [6.45, 7) is 2.33. The largest absolute Gasteiger partial charge is 0.271 e. The fourth-order valence-electron chi connectivity index (χ4n) is 2.99. The second kappa shape index (κ2) is 5.85. The zero-order chi connectivity index (χ0) is 12.3. The second-order valence-electron chi connectivity index (χ2n) is 5.20. The maximum Gasteiger partial charge on any atom is 0.0502 e. The first-order chi connectivity index (χ1) is 8.22. The number of nitrogens with one attached hydrogen (secondary N) is 1. The minimum absolute atomic E-state index is 0.187. The molecule has 0 amide bonds. The first kappa shape index (κ1) is 12.9. The van der Waals surface area contributed by atoms with Crippen LogP contribution < -0.4 is 11.3 Å². The Morgan fingerprint density at radius 2 is 2.12 bits per heavy atom. The number of rotatable bonds is 3. The minimum Gasteiger partial charge on any atom is -0.271 e. The van der Waals surface area contributed by atoms with Gasteiger partial charge in [0, 0.05) is 5.02 Å².